The van der Waals surface area contributed by atoms with Gasteiger partial charge in [-0.2, -0.15) is 13.2 Å². The van der Waals surface area contributed by atoms with Crippen molar-refractivity contribution in [1.82, 2.24) is 15.2 Å². The lowest BCUT2D eigenvalue weighted by molar-refractivity contribution is -0.149. The van der Waals surface area contributed by atoms with Gasteiger partial charge in [0.15, 0.2) is 0 Å². The highest BCUT2D eigenvalue weighted by Gasteiger charge is 2.31. The Morgan fingerprint density at radius 1 is 1.18 bits per heavy atom. The largest absolute Gasteiger partial charge is 0.401 e. The van der Waals surface area contributed by atoms with E-state index in [4.69, 9.17) is 5.84 Å². The van der Waals surface area contributed by atoms with Crippen LogP contribution < -0.4 is 11.3 Å². The molecule has 1 saturated heterocycles. The van der Waals surface area contributed by atoms with Crippen LogP contribution in [0.1, 0.15) is 6.42 Å². The number of carbonyl (C=O) groups is 1. The summed E-state index contributed by atoms with van der Waals surface area (Å²) in [7, 11) is 0. The molecular weight excluding hydrogens is 237 g/mol. The molecule has 3 N–H and O–H groups in total. The second kappa shape index (κ2) is 6.18. The number of hydrogen-bond acceptors (Lipinski definition) is 4. The van der Waals surface area contributed by atoms with Crippen LogP contribution in [0.2, 0.25) is 0 Å². The second-order valence-corrected chi connectivity index (χ2v) is 4.05. The first kappa shape index (κ1) is 14.2. The number of hydrogen-bond donors (Lipinski definition) is 2. The number of piperazine rings is 1. The Balaban J connectivity index is 2.19. The van der Waals surface area contributed by atoms with Gasteiger partial charge < -0.3 is 4.90 Å². The molecule has 1 heterocycles. The summed E-state index contributed by atoms with van der Waals surface area (Å²) in [6.07, 6.45) is -3.86. The van der Waals surface area contributed by atoms with Crippen LogP contribution in [-0.4, -0.2) is 61.2 Å². The number of rotatable bonds is 4. The van der Waals surface area contributed by atoms with E-state index in [0.717, 1.165) is 0 Å². The van der Waals surface area contributed by atoms with Crippen molar-refractivity contribution < 1.29 is 18.0 Å². The fourth-order valence-electron chi connectivity index (χ4n) is 1.76. The van der Waals surface area contributed by atoms with E-state index in [-0.39, 0.29) is 12.3 Å². The maximum absolute atomic E-state index is 12.1. The molecule has 1 aliphatic heterocycles. The molecule has 1 fully saturated rings. The van der Waals surface area contributed by atoms with E-state index < -0.39 is 12.7 Å². The van der Waals surface area contributed by atoms with Crippen LogP contribution in [0.15, 0.2) is 0 Å². The summed E-state index contributed by atoms with van der Waals surface area (Å²) in [6, 6.07) is 0. The summed E-state index contributed by atoms with van der Waals surface area (Å²) in [4.78, 5) is 14.2. The average Bonchev–Trinajstić information content (AvgIpc) is 2.25. The number of nitrogens with zero attached hydrogens (tertiary/aromatic N) is 2. The van der Waals surface area contributed by atoms with Gasteiger partial charge in [-0.1, -0.05) is 0 Å². The summed E-state index contributed by atoms with van der Waals surface area (Å²) >= 11 is 0. The predicted molar refractivity (Wildman–Crippen MR) is 55.9 cm³/mol. The van der Waals surface area contributed by atoms with Gasteiger partial charge in [-0.3, -0.25) is 15.1 Å². The fraction of sp³-hybridized carbons (Fsp3) is 0.889. The van der Waals surface area contributed by atoms with E-state index in [2.05, 4.69) is 0 Å². The number of nitrogens with one attached hydrogen (secondary N) is 1. The minimum Gasteiger partial charge on any atom is -0.300 e. The van der Waals surface area contributed by atoms with E-state index in [9.17, 15) is 18.0 Å². The molecule has 0 bridgehead atoms. The molecule has 5 nitrogen and oxygen atoms in total. The van der Waals surface area contributed by atoms with E-state index in [1.54, 1.807) is 0 Å². The molecule has 0 saturated carbocycles. The third-order valence-corrected chi connectivity index (χ3v) is 2.68. The van der Waals surface area contributed by atoms with Gasteiger partial charge in [-0.25, -0.2) is 5.84 Å². The lowest BCUT2D eigenvalue weighted by atomic mass is 10.3. The zero-order valence-electron chi connectivity index (χ0n) is 9.46. The molecule has 1 rings (SSSR count). The lowest BCUT2D eigenvalue weighted by Crippen LogP contribution is -2.49. The first-order valence-electron chi connectivity index (χ1n) is 5.41. The Morgan fingerprint density at radius 3 is 2.18 bits per heavy atom. The van der Waals surface area contributed by atoms with E-state index in [0.29, 0.717) is 32.7 Å². The molecule has 100 valence electrons. The first-order chi connectivity index (χ1) is 7.90. The molecule has 1 aliphatic rings. The highest BCUT2D eigenvalue weighted by molar-refractivity contribution is 5.75. The monoisotopic (exact) mass is 254 g/mol. The zero-order valence-corrected chi connectivity index (χ0v) is 9.46. The third kappa shape index (κ3) is 5.85. The Morgan fingerprint density at radius 2 is 1.71 bits per heavy atom. The van der Waals surface area contributed by atoms with Gasteiger partial charge in [0, 0.05) is 39.1 Å². The highest BCUT2D eigenvalue weighted by atomic mass is 19.4. The van der Waals surface area contributed by atoms with Gasteiger partial charge in [0.1, 0.15) is 0 Å². The Labute approximate surface area is 97.7 Å². The van der Waals surface area contributed by atoms with E-state index in [1.807, 2.05) is 10.3 Å². The van der Waals surface area contributed by atoms with Gasteiger partial charge in [0.25, 0.3) is 0 Å². The van der Waals surface area contributed by atoms with Crippen LogP contribution in [0.5, 0.6) is 0 Å². The molecule has 0 aliphatic carbocycles. The molecule has 0 aromatic carbocycles. The lowest BCUT2D eigenvalue weighted by Gasteiger charge is -2.34. The molecule has 0 aromatic heterocycles. The zero-order chi connectivity index (χ0) is 12.9. The van der Waals surface area contributed by atoms with Crippen LogP contribution in [0.25, 0.3) is 0 Å². The topological polar surface area (TPSA) is 61.6 Å². The number of nitrogens with two attached hydrogens (primary N) is 1. The quantitative estimate of drug-likeness (QED) is 0.405. The summed E-state index contributed by atoms with van der Waals surface area (Å²) in [5.41, 5.74) is 2.02. The maximum Gasteiger partial charge on any atom is 0.401 e. The molecular formula is C9H17F3N4O. The maximum atomic E-state index is 12.1. The Kier molecular flexibility index (Phi) is 5.16. The van der Waals surface area contributed by atoms with Crippen molar-refractivity contribution in [2.24, 2.45) is 5.84 Å². The highest BCUT2D eigenvalue weighted by Crippen LogP contribution is 2.17. The van der Waals surface area contributed by atoms with Crippen molar-refractivity contribution in [3.8, 4) is 0 Å². The van der Waals surface area contributed by atoms with Crippen LogP contribution in [0.3, 0.4) is 0 Å². The van der Waals surface area contributed by atoms with Crippen molar-refractivity contribution >= 4 is 5.91 Å². The van der Waals surface area contributed by atoms with Crippen LogP contribution in [0.4, 0.5) is 13.2 Å². The molecule has 0 spiro atoms. The van der Waals surface area contributed by atoms with Crippen LogP contribution in [0, 0.1) is 0 Å². The van der Waals surface area contributed by atoms with Gasteiger partial charge in [0.05, 0.1) is 6.54 Å². The van der Waals surface area contributed by atoms with Gasteiger partial charge in [-0.05, 0) is 0 Å². The van der Waals surface area contributed by atoms with Gasteiger partial charge in [0.2, 0.25) is 5.91 Å². The SMILES string of the molecule is NNC(=O)CCN1CCN(CC(F)(F)F)CC1. The Bertz CT molecular complexity index is 251. The Hall–Kier alpha value is -0.860. The van der Waals surface area contributed by atoms with Crippen LogP contribution >= 0.6 is 0 Å². The van der Waals surface area contributed by atoms with Crippen molar-refractivity contribution in [3.05, 3.63) is 0 Å². The molecule has 0 unspecified atom stereocenters. The number of alkyl halides is 3. The summed E-state index contributed by atoms with van der Waals surface area (Å²) in [5.74, 6) is 4.67. The predicted octanol–water partition coefficient (Wildman–Crippen LogP) is -0.454. The molecule has 0 aromatic rings. The second-order valence-electron chi connectivity index (χ2n) is 4.05. The van der Waals surface area contributed by atoms with Crippen molar-refractivity contribution in [3.63, 3.8) is 0 Å². The molecule has 0 radical (unpaired) electrons. The first-order valence-corrected chi connectivity index (χ1v) is 5.41. The average molecular weight is 254 g/mol. The minimum absolute atomic E-state index is 0.261. The van der Waals surface area contributed by atoms with Crippen LogP contribution in [-0.2, 0) is 4.79 Å². The van der Waals surface area contributed by atoms with Gasteiger partial charge >= 0.3 is 6.18 Å². The minimum atomic E-state index is -4.14. The van der Waals surface area contributed by atoms with Crippen molar-refractivity contribution in [2.75, 3.05) is 39.3 Å². The summed E-state index contributed by atoms with van der Waals surface area (Å²) in [6.45, 7) is 1.53. The smallest absolute Gasteiger partial charge is 0.300 e. The molecule has 17 heavy (non-hydrogen) atoms. The fourth-order valence-corrected chi connectivity index (χ4v) is 1.76. The molecule has 0 atom stereocenters. The molecule has 8 heteroatoms. The van der Waals surface area contributed by atoms with E-state index >= 15 is 0 Å². The summed E-state index contributed by atoms with van der Waals surface area (Å²) < 4.78 is 36.3. The van der Waals surface area contributed by atoms with E-state index in [1.165, 1.54) is 4.90 Å². The van der Waals surface area contributed by atoms with Crippen molar-refractivity contribution in [2.45, 2.75) is 12.6 Å². The van der Waals surface area contributed by atoms with Crippen molar-refractivity contribution in [1.29, 1.82) is 0 Å². The third-order valence-electron chi connectivity index (χ3n) is 2.68. The summed E-state index contributed by atoms with van der Waals surface area (Å²) in [5, 5.41) is 0. The standard InChI is InChI=1S/C9H17F3N4O/c10-9(11,12)7-16-5-3-15(4-6-16)2-1-8(17)14-13/h1-7,13H2,(H,14,17). The van der Waals surface area contributed by atoms with Gasteiger partial charge in [-0.15, -0.1) is 0 Å². The number of hydrazine groups is 1. The number of amides is 1. The normalized spacial score (nSPS) is 19.3. The number of carbonyl (C=O) groups excluding carboxylic acids is 1. The molecule has 1 amide bonds. The number of halogens is 3.